The summed E-state index contributed by atoms with van der Waals surface area (Å²) < 4.78 is 10.5. The predicted octanol–water partition coefficient (Wildman–Crippen LogP) is -0.791. The van der Waals surface area contributed by atoms with Gasteiger partial charge in [0.2, 0.25) is 0 Å². The maximum absolute atomic E-state index is 11.9. The standard InChI is InChI=1S/C18H28O9/c19-9-13-15(23)16(24)17(25)18(27-13)26-7-3-1-2-4-11-10(8-14(21)22)5-6-12(11)20/h1,3,10-11,13,15-19,23-25H,2,4-9H2,(H,21,22)/b3-1-/t10-,11-,13-,15-,16+,17-,18-/m1/s1. The molecule has 1 saturated carbocycles. The summed E-state index contributed by atoms with van der Waals surface area (Å²) in [6.45, 7) is -0.451. The van der Waals surface area contributed by atoms with Crippen LogP contribution in [-0.4, -0.2) is 81.2 Å². The van der Waals surface area contributed by atoms with Gasteiger partial charge in [-0.25, -0.2) is 0 Å². The highest BCUT2D eigenvalue weighted by atomic mass is 16.7. The number of carbonyl (C=O) groups is 2. The highest BCUT2D eigenvalue weighted by Crippen LogP contribution is 2.34. The topological polar surface area (TPSA) is 154 Å². The lowest BCUT2D eigenvalue weighted by Crippen LogP contribution is -2.59. The van der Waals surface area contributed by atoms with Crippen LogP contribution in [0.4, 0.5) is 0 Å². The van der Waals surface area contributed by atoms with Gasteiger partial charge in [0, 0.05) is 18.8 Å². The number of ketones is 1. The molecule has 7 atom stereocenters. The fraction of sp³-hybridized carbons (Fsp3) is 0.778. The van der Waals surface area contributed by atoms with Crippen molar-refractivity contribution in [1.82, 2.24) is 0 Å². The van der Waals surface area contributed by atoms with E-state index in [4.69, 9.17) is 19.7 Å². The van der Waals surface area contributed by atoms with E-state index >= 15 is 0 Å². The molecule has 0 amide bonds. The molecule has 2 fully saturated rings. The van der Waals surface area contributed by atoms with Crippen LogP contribution in [-0.2, 0) is 19.1 Å². The van der Waals surface area contributed by atoms with Crippen LogP contribution in [0.25, 0.3) is 0 Å². The Morgan fingerprint density at radius 3 is 2.59 bits per heavy atom. The average Bonchev–Trinajstić information content (AvgIpc) is 2.96. The molecule has 0 bridgehead atoms. The molecule has 1 heterocycles. The summed E-state index contributed by atoms with van der Waals surface area (Å²) in [5.41, 5.74) is 0. The van der Waals surface area contributed by atoms with Crippen molar-refractivity contribution >= 4 is 11.8 Å². The van der Waals surface area contributed by atoms with E-state index in [-0.39, 0.29) is 30.6 Å². The molecule has 0 aromatic carbocycles. The SMILES string of the molecule is O=C(O)C[C@H]1CCC(=O)[C@@H]1CC/C=C\CO[C@@H]1O[C@H](CO)[C@@H](O)[C@H](O)[C@H]1O. The number of rotatable bonds is 9. The van der Waals surface area contributed by atoms with E-state index in [9.17, 15) is 24.9 Å². The van der Waals surface area contributed by atoms with Crippen LogP contribution >= 0.6 is 0 Å². The van der Waals surface area contributed by atoms with Gasteiger partial charge in [-0.05, 0) is 25.2 Å². The van der Waals surface area contributed by atoms with Gasteiger partial charge in [-0.2, -0.15) is 0 Å². The van der Waals surface area contributed by atoms with E-state index in [1.165, 1.54) is 0 Å². The number of hydrogen-bond acceptors (Lipinski definition) is 8. The van der Waals surface area contributed by atoms with Crippen LogP contribution in [0, 0.1) is 11.8 Å². The fourth-order valence-corrected chi connectivity index (χ4v) is 3.66. The first-order valence-electron chi connectivity index (χ1n) is 9.16. The Labute approximate surface area is 157 Å². The minimum absolute atomic E-state index is 0.0142. The third kappa shape index (κ3) is 5.81. The van der Waals surface area contributed by atoms with Crippen molar-refractivity contribution in [1.29, 1.82) is 0 Å². The molecular formula is C18H28O9. The van der Waals surface area contributed by atoms with Crippen LogP contribution in [0.5, 0.6) is 0 Å². The number of carbonyl (C=O) groups excluding carboxylic acids is 1. The van der Waals surface area contributed by atoms with Gasteiger partial charge in [0.15, 0.2) is 6.29 Å². The lowest BCUT2D eigenvalue weighted by molar-refractivity contribution is -0.298. The molecule has 2 aliphatic rings. The van der Waals surface area contributed by atoms with E-state index < -0.39 is 43.3 Å². The molecule has 1 aliphatic carbocycles. The number of hydrogen-bond donors (Lipinski definition) is 5. The highest BCUT2D eigenvalue weighted by molar-refractivity contribution is 5.84. The molecule has 0 spiro atoms. The van der Waals surface area contributed by atoms with Gasteiger partial charge >= 0.3 is 5.97 Å². The predicted molar refractivity (Wildman–Crippen MR) is 91.6 cm³/mol. The third-order valence-corrected chi connectivity index (χ3v) is 5.20. The number of ether oxygens (including phenoxy) is 2. The van der Waals surface area contributed by atoms with E-state index in [1.807, 2.05) is 0 Å². The molecule has 154 valence electrons. The van der Waals surface area contributed by atoms with Crippen LogP contribution in [0.1, 0.15) is 32.1 Å². The maximum atomic E-state index is 11.9. The molecule has 9 nitrogen and oxygen atoms in total. The zero-order valence-corrected chi connectivity index (χ0v) is 15.0. The lowest BCUT2D eigenvalue weighted by atomic mass is 9.88. The van der Waals surface area contributed by atoms with Crippen LogP contribution in [0.2, 0.25) is 0 Å². The molecule has 0 unspecified atom stereocenters. The summed E-state index contributed by atoms with van der Waals surface area (Å²) in [7, 11) is 0. The van der Waals surface area contributed by atoms with Crippen molar-refractivity contribution in [3.63, 3.8) is 0 Å². The number of carboxylic acid groups (broad SMARTS) is 1. The molecule has 5 N–H and O–H groups in total. The maximum Gasteiger partial charge on any atom is 0.303 e. The summed E-state index contributed by atoms with van der Waals surface area (Å²) in [6.07, 6.45) is -0.833. The van der Waals surface area contributed by atoms with Gasteiger partial charge in [0.25, 0.3) is 0 Å². The first-order valence-corrected chi connectivity index (χ1v) is 9.16. The summed E-state index contributed by atoms with van der Waals surface area (Å²) in [5, 5.41) is 47.2. The third-order valence-electron chi connectivity index (χ3n) is 5.20. The average molecular weight is 388 g/mol. The smallest absolute Gasteiger partial charge is 0.303 e. The summed E-state index contributed by atoms with van der Waals surface area (Å²) >= 11 is 0. The zero-order chi connectivity index (χ0) is 20.0. The Morgan fingerprint density at radius 1 is 1.19 bits per heavy atom. The van der Waals surface area contributed by atoms with Crippen LogP contribution in [0.3, 0.4) is 0 Å². The molecule has 1 saturated heterocycles. The number of Topliss-reactive ketones (excluding diaryl/α,β-unsaturated/α-hetero) is 1. The van der Waals surface area contributed by atoms with Crippen LogP contribution < -0.4 is 0 Å². The molecule has 0 aromatic rings. The largest absolute Gasteiger partial charge is 0.481 e. The van der Waals surface area contributed by atoms with Gasteiger partial charge in [-0.3, -0.25) is 9.59 Å². The molecule has 27 heavy (non-hydrogen) atoms. The van der Waals surface area contributed by atoms with Gasteiger partial charge in [0.1, 0.15) is 30.2 Å². The van der Waals surface area contributed by atoms with Crippen molar-refractivity contribution in [2.24, 2.45) is 11.8 Å². The summed E-state index contributed by atoms with van der Waals surface area (Å²) in [6, 6.07) is 0. The number of aliphatic hydroxyl groups is 4. The first-order chi connectivity index (χ1) is 12.8. The lowest BCUT2D eigenvalue weighted by Gasteiger charge is -2.39. The minimum atomic E-state index is -1.48. The number of allylic oxidation sites excluding steroid dienone is 1. The molecular weight excluding hydrogens is 360 g/mol. The molecule has 2 rings (SSSR count). The Morgan fingerprint density at radius 2 is 1.93 bits per heavy atom. The van der Waals surface area contributed by atoms with E-state index in [0.29, 0.717) is 25.7 Å². The summed E-state index contributed by atoms with van der Waals surface area (Å²) in [4.78, 5) is 22.8. The van der Waals surface area contributed by atoms with E-state index in [0.717, 1.165) is 0 Å². The second-order valence-electron chi connectivity index (χ2n) is 7.05. The Bertz CT molecular complexity index is 533. The Kier molecular flexibility index (Phi) is 8.33. The van der Waals surface area contributed by atoms with E-state index in [2.05, 4.69) is 0 Å². The van der Waals surface area contributed by atoms with Gasteiger partial charge in [-0.15, -0.1) is 0 Å². The fourth-order valence-electron chi connectivity index (χ4n) is 3.66. The molecule has 0 aromatic heterocycles. The molecule has 0 radical (unpaired) electrons. The quantitative estimate of drug-likeness (QED) is 0.320. The highest BCUT2D eigenvalue weighted by Gasteiger charge is 2.43. The van der Waals surface area contributed by atoms with Crippen molar-refractivity contribution in [2.45, 2.75) is 62.8 Å². The zero-order valence-electron chi connectivity index (χ0n) is 15.0. The monoisotopic (exact) mass is 388 g/mol. The normalized spacial score (nSPS) is 37.2. The molecule has 9 heteroatoms. The van der Waals surface area contributed by atoms with Gasteiger partial charge in [-0.1, -0.05) is 12.2 Å². The van der Waals surface area contributed by atoms with Crippen molar-refractivity contribution in [3.8, 4) is 0 Å². The van der Waals surface area contributed by atoms with Crippen LogP contribution in [0.15, 0.2) is 12.2 Å². The second kappa shape index (κ2) is 10.3. The number of aliphatic carboxylic acids is 1. The van der Waals surface area contributed by atoms with Gasteiger partial charge < -0.3 is 35.0 Å². The van der Waals surface area contributed by atoms with Gasteiger partial charge in [0.05, 0.1) is 13.2 Å². The summed E-state index contributed by atoms with van der Waals surface area (Å²) in [5.74, 6) is -1.10. The number of aliphatic hydroxyl groups excluding tert-OH is 4. The van der Waals surface area contributed by atoms with Crippen molar-refractivity contribution in [3.05, 3.63) is 12.2 Å². The second-order valence-corrected chi connectivity index (χ2v) is 7.05. The Balaban J connectivity index is 1.73. The number of carboxylic acids is 1. The minimum Gasteiger partial charge on any atom is -0.481 e. The Hall–Kier alpha value is -1.36. The van der Waals surface area contributed by atoms with E-state index in [1.54, 1.807) is 12.2 Å². The molecule has 1 aliphatic heterocycles. The van der Waals surface area contributed by atoms with Crippen molar-refractivity contribution < 1.29 is 44.6 Å². The first kappa shape index (κ1) is 21.9. The van der Waals surface area contributed by atoms with Crippen molar-refractivity contribution in [2.75, 3.05) is 13.2 Å².